The van der Waals surface area contributed by atoms with Crippen molar-refractivity contribution in [2.45, 2.75) is 12.5 Å². The fourth-order valence-corrected chi connectivity index (χ4v) is 2.44. The zero-order valence-electron chi connectivity index (χ0n) is 8.75. The molecule has 3 rings (SSSR count). The summed E-state index contributed by atoms with van der Waals surface area (Å²) in [5.41, 5.74) is 4.11. The van der Waals surface area contributed by atoms with Crippen LogP contribution in [0.1, 0.15) is 17.2 Å². The first kappa shape index (κ1) is 9.19. The van der Waals surface area contributed by atoms with Gasteiger partial charge in [-0.15, -0.1) is 0 Å². The molecule has 0 saturated carbocycles. The summed E-state index contributed by atoms with van der Waals surface area (Å²) in [7, 11) is 0. The minimum atomic E-state index is 0.244. The van der Waals surface area contributed by atoms with Gasteiger partial charge in [-0.3, -0.25) is 0 Å². The lowest BCUT2D eigenvalue weighted by molar-refractivity contribution is 0.0273. The first-order valence-corrected chi connectivity index (χ1v) is 5.63. The Kier molecular flexibility index (Phi) is 2.35. The number of hydrogen-bond donors (Lipinski definition) is 2. The van der Waals surface area contributed by atoms with Gasteiger partial charge >= 0.3 is 0 Å². The Hall–Kier alpha value is -1.06. The van der Waals surface area contributed by atoms with Crippen molar-refractivity contribution in [3.63, 3.8) is 0 Å². The van der Waals surface area contributed by atoms with Crippen molar-refractivity contribution in [3.05, 3.63) is 29.3 Å². The third-order valence-corrected chi connectivity index (χ3v) is 3.18. The maximum absolute atomic E-state index is 5.80. The van der Waals surface area contributed by atoms with Gasteiger partial charge in [0.25, 0.3) is 0 Å². The third kappa shape index (κ3) is 1.62. The molecule has 1 aromatic carbocycles. The van der Waals surface area contributed by atoms with Crippen molar-refractivity contribution in [3.8, 4) is 0 Å². The lowest BCUT2D eigenvalue weighted by Gasteiger charge is -2.25. The molecule has 0 aliphatic carbocycles. The average molecular weight is 204 g/mol. The van der Waals surface area contributed by atoms with E-state index < -0.39 is 0 Å². The summed E-state index contributed by atoms with van der Waals surface area (Å²) in [6.07, 6.45) is 1.37. The molecule has 0 aromatic heterocycles. The molecule has 1 saturated heterocycles. The Morgan fingerprint density at radius 2 is 2.27 bits per heavy atom. The maximum Gasteiger partial charge on any atom is 0.0953 e. The van der Waals surface area contributed by atoms with Crippen LogP contribution in [-0.4, -0.2) is 26.2 Å². The van der Waals surface area contributed by atoms with Crippen LogP contribution in [0.5, 0.6) is 0 Å². The van der Waals surface area contributed by atoms with Crippen LogP contribution in [0.25, 0.3) is 0 Å². The highest BCUT2D eigenvalue weighted by molar-refractivity contribution is 5.59. The van der Waals surface area contributed by atoms with Gasteiger partial charge in [0.1, 0.15) is 0 Å². The minimum Gasteiger partial charge on any atom is -0.384 e. The van der Waals surface area contributed by atoms with Gasteiger partial charge in [0.15, 0.2) is 0 Å². The van der Waals surface area contributed by atoms with Gasteiger partial charge in [0.2, 0.25) is 0 Å². The Morgan fingerprint density at radius 1 is 1.27 bits per heavy atom. The quantitative estimate of drug-likeness (QED) is 0.723. The van der Waals surface area contributed by atoms with Crippen LogP contribution in [-0.2, 0) is 11.2 Å². The Balaban J connectivity index is 1.93. The SMILES string of the molecule is c1cc2c(c([C@@H]3CNCCO3)c1)CCN2. The summed E-state index contributed by atoms with van der Waals surface area (Å²) in [6.45, 7) is 3.80. The molecule has 1 fully saturated rings. The lowest BCUT2D eigenvalue weighted by atomic mass is 9.99. The predicted octanol–water partition coefficient (Wildman–Crippen LogP) is 1.32. The molecule has 3 heteroatoms. The summed E-state index contributed by atoms with van der Waals surface area (Å²) in [4.78, 5) is 0. The van der Waals surface area contributed by atoms with Crippen LogP contribution in [0.15, 0.2) is 18.2 Å². The molecule has 1 atom stereocenters. The first-order valence-electron chi connectivity index (χ1n) is 5.63. The molecule has 2 N–H and O–H groups in total. The topological polar surface area (TPSA) is 33.3 Å². The van der Waals surface area contributed by atoms with Gasteiger partial charge in [-0.2, -0.15) is 0 Å². The Morgan fingerprint density at radius 3 is 3.13 bits per heavy atom. The molecule has 80 valence electrons. The molecule has 2 heterocycles. The highest BCUT2D eigenvalue weighted by Gasteiger charge is 2.22. The standard InChI is InChI=1S/C12H16N2O/c1-2-10(12-8-13-6-7-15-12)9-4-5-14-11(9)3-1/h1-3,12-14H,4-8H2/t12-/m0/s1. The summed E-state index contributed by atoms with van der Waals surface area (Å²) in [5.74, 6) is 0. The number of morpholine rings is 1. The molecule has 2 aliphatic heterocycles. The van der Waals surface area contributed by atoms with Gasteiger partial charge in [0, 0.05) is 25.3 Å². The molecule has 1 aromatic rings. The van der Waals surface area contributed by atoms with Crippen LogP contribution in [0, 0.1) is 0 Å². The van der Waals surface area contributed by atoms with Crippen LogP contribution in [0.3, 0.4) is 0 Å². The molecule has 2 aliphatic rings. The van der Waals surface area contributed by atoms with Crippen molar-refractivity contribution < 1.29 is 4.74 Å². The fraction of sp³-hybridized carbons (Fsp3) is 0.500. The number of fused-ring (bicyclic) bond motifs is 1. The molecule has 0 spiro atoms. The van der Waals surface area contributed by atoms with Crippen molar-refractivity contribution in [2.24, 2.45) is 0 Å². The average Bonchev–Trinajstić information content (AvgIpc) is 2.78. The number of benzene rings is 1. The van der Waals surface area contributed by atoms with E-state index in [1.54, 1.807) is 0 Å². The fourth-order valence-electron chi connectivity index (χ4n) is 2.44. The van der Waals surface area contributed by atoms with Crippen molar-refractivity contribution in [1.29, 1.82) is 0 Å². The number of anilines is 1. The number of rotatable bonds is 1. The minimum absolute atomic E-state index is 0.244. The summed E-state index contributed by atoms with van der Waals surface area (Å²) in [6, 6.07) is 6.47. The lowest BCUT2D eigenvalue weighted by Crippen LogP contribution is -2.33. The number of hydrogen-bond acceptors (Lipinski definition) is 3. The first-order chi connectivity index (χ1) is 7.45. The molecular weight excluding hydrogens is 188 g/mol. The summed E-state index contributed by atoms with van der Waals surface area (Å²) < 4.78 is 5.80. The van der Waals surface area contributed by atoms with Crippen LogP contribution in [0.4, 0.5) is 5.69 Å². The highest BCUT2D eigenvalue weighted by atomic mass is 16.5. The van der Waals surface area contributed by atoms with E-state index in [0.717, 1.165) is 32.7 Å². The predicted molar refractivity (Wildman–Crippen MR) is 60.2 cm³/mol. The van der Waals surface area contributed by atoms with Crippen LogP contribution < -0.4 is 10.6 Å². The highest BCUT2D eigenvalue weighted by Crippen LogP contribution is 2.31. The van der Waals surface area contributed by atoms with Crippen molar-refractivity contribution in [1.82, 2.24) is 5.32 Å². The van der Waals surface area contributed by atoms with E-state index in [4.69, 9.17) is 4.74 Å². The van der Waals surface area contributed by atoms with E-state index in [2.05, 4.69) is 28.8 Å². The molecule has 0 bridgehead atoms. The molecule has 0 unspecified atom stereocenters. The smallest absolute Gasteiger partial charge is 0.0953 e. The van der Waals surface area contributed by atoms with E-state index in [9.17, 15) is 0 Å². The van der Waals surface area contributed by atoms with Crippen LogP contribution in [0.2, 0.25) is 0 Å². The largest absolute Gasteiger partial charge is 0.384 e. The Bertz CT molecular complexity index is 359. The summed E-state index contributed by atoms with van der Waals surface area (Å²) >= 11 is 0. The third-order valence-electron chi connectivity index (χ3n) is 3.18. The van der Waals surface area contributed by atoms with Gasteiger partial charge in [0.05, 0.1) is 12.7 Å². The normalized spacial score (nSPS) is 24.7. The van der Waals surface area contributed by atoms with E-state index in [-0.39, 0.29) is 6.10 Å². The van der Waals surface area contributed by atoms with Crippen molar-refractivity contribution in [2.75, 3.05) is 31.6 Å². The number of ether oxygens (including phenoxy) is 1. The second kappa shape index (κ2) is 3.83. The second-order valence-electron chi connectivity index (χ2n) is 4.11. The maximum atomic E-state index is 5.80. The zero-order valence-corrected chi connectivity index (χ0v) is 8.75. The molecule has 0 radical (unpaired) electrons. The number of nitrogens with one attached hydrogen (secondary N) is 2. The summed E-state index contributed by atoms with van der Waals surface area (Å²) in [5, 5.41) is 6.78. The second-order valence-corrected chi connectivity index (χ2v) is 4.11. The van der Waals surface area contributed by atoms with E-state index in [0.29, 0.717) is 0 Å². The van der Waals surface area contributed by atoms with Gasteiger partial charge in [-0.1, -0.05) is 12.1 Å². The molecule has 3 nitrogen and oxygen atoms in total. The Labute approximate surface area is 89.8 Å². The monoisotopic (exact) mass is 204 g/mol. The van der Waals surface area contributed by atoms with Crippen molar-refractivity contribution >= 4 is 5.69 Å². The van der Waals surface area contributed by atoms with E-state index in [1.165, 1.54) is 16.8 Å². The zero-order chi connectivity index (χ0) is 10.1. The molecular formula is C12H16N2O. The molecule has 15 heavy (non-hydrogen) atoms. The van der Waals surface area contributed by atoms with Gasteiger partial charge in [-0.05, 0) is 23.6 Å². The molecule has 0 amide bonds. The van der Waals surface area contributed by atoms with Crippen LogP contribution >= 0.6 is 0 Å². The van der Waals surface area contributed by atoms with Gasteiger partial charge < -0.3 is 15.4 Å². The van der Waals surface area contributed by atoms with Gasteiger partial charge in [-0.25, -0.2) is 0 Å². The van der Waals surface area contributed by atoms with E-state index in [1.807, 2.05) is 0 Å². The van der Waals surface area contributed by atoms with E-state index >= 15 is 0 Å².